The van der Waals surface area contributed by atoms with E-state index in [1.807, 2.05) is 30.3 Å². The number of hydrogen-bond donors (Lipinski definition) is 1. The molecule has 0 saturated heterocycles. The third kappa shape index (κ3) is 5.50. The minimum absolute atomic E-state index is 0.108. The molecule has 2 N–H and O–H groups in total. The molecular formula is C19H21ClN2O3. The molecule has 132 valence electrons. The Morgan fingerprint density at radius 3 is 2.48 bits per heavy atom. The van der Waals surface area contributed by atoms with Crippen LogP contribution in [0.5, 0.6) is 5.75 Å². The number of carbonyl (C=O) groups is 2. The van der Waals surface area contributed by atoms with E-state index in [0.717, 1.165) is 5.56 Å². The van der Waals surface area contributed by atoms with Gasteiger partial charge in [-0.15, -0.1) is 0 Å². The van der Waals surface area contributed by atoms with Gasteiger partial charge in [-0.1, -0.05) is 41.9 Å². The van der Waals surface area contributed by atoms with Crippen LogP contribution in [0.2, 0.25) is 5.02 Å². The molecule has 0 saturated carbocycles. The summed E-state index contributed by atoms with van der Waals surface area (Å²) in [5.74, 6) is -0.257. The summed E-state index contributed by atoms with van der Waals surface area (Å²) in [4.78, 5) is 25.7. The summed E-state index contributed by atoms with van der Waals surface area (Å²) in [5, 5.41) is 0.487. The van der Waals surface area contributed by atoms with Gasteiger partial charge in [0.05, 0.1) is 12.7 Å². The molecule has 0 bridgehead atoms. The van der Waals surface area contributed by atoms with Gasteiger partial charge >= 0.3 is 0 Å². The maximum Gasteiger partial charge on any atom is 0.257 e. The van der Waals surface area contributed by atoms with Gasteiger partial charge in [-0.2, -0.15) is 0 Å². The molecular weight excluding hydrogens is 340 g/mol. The first-order valence-electron chi connectivity index (χ1n) is 7.96. The van der Waals surface area contributed by atoms with E-state index in [-0.39, 0.29) is 18.9 Å². The Morgan fingerprint density at radius 1 is 1.12 bits per heavy atom. The highest BCUT2D eigenvalue weighted by Crippen LogP contribution is 2.24. The fourth-order valence-corrected chi connectivity index (χ4v) is 2.64. The Morgan fingerprint density at radius 2 is 1.84 bits per heavy atom. The van der Waals surface area contributed by atoms with E-state index in [9.17, 15) is 9.59 Å². The van der Waals surface area contributed by atoms with Crippen molar-refractivity contribution in [2.45, 2.75) is 12.8 Å². The molecule has 0 unspecified atom stereocenters. The van der Waals surface area contributed by atoms with Gasteiger partial charge in [0.15, 0.2) is 0 Å². The average Bonchev–Trinajstić information content (AvgIpc) is 2.61. The second-order valence-electron chi connectivity index (χ2n) is 5.59. The minimum atomic E-state index is -0.444. The molecule has 2 aromatic carbocycles. The number of amides is 2. The van der Waals surface area contributed by atoms with Crippen molar-refractivity contribution in [1.29, 1.82) is 0 Å². The summed E-state index contributed by atoms with van der Waals surface area (Å²) in [5.41, 5.74) is 6.76. The molecule has 0 aliphatic heterocycles. The number of primary amides is 1. The zero-order valence-electron chi connectivity index (χ0n) is 14.1. The van der Waals surface area contributed by atoms with Crippen molar-refractivity contribution in [2.24, 2.45) is 5.73 Å². The van der Waals surface area contributed by atoms with Crippen LogP contribution in [-0.2, 0) is 11.2 Å². The zero-order chi connectivity index (χ0) is 18.2. The maximum absolute atomic E-state index is 12.9. The molecule has 2 aromatic rings. The van der Waals surface area contributed by atoms with E-state index in [4.69, 9.17) is 22.1 Å². The lowest BCUT2D eigenvalue weighted by Gasteiger charge is -2.23. The highest BCUT2D eigenvalue weighted by Gasteiger charge is 2.20. The molecule has 0 fully saturated rings. The highest BCUT2D eigenvalue weighted by atomic mass is 35.5. The highest BCUT2D eigenvalue weighted by molar-refractivity contribution is 6.30. The van der Waals surface area contributed by atoms with Gasteiger partial charge < -0.3 is 15.4 Å². The average molecular weight is 361 g/mol. The summed E-state index contributed by atoms with van der Waals surface area (Å²) >= 11 is 5.96. The van der Waals surface area contributed by atoms with Crippen LogP contribution in [0, 0.1) is 0 Å². The molecule has 5 nitrogen and oxygen atoms in total. The number of nitrogens with two attached hydrogens (primary N) is 1. The van der Waals surface area contributed by atoms with E-state index in [0.29, 0.717) is 29.3 Å². The molecule has 0 heterocycles. The Kier molecular flexibility index (Phi) is 6.83. The fraction of sp³-hybridized carbons (Fsp3) is 0.263. The minimum Gasteiger partial charge on any atom is -0.496 e. The van der Waals surface area contributed by atoms with E-state index >= 15 is 0 Å². The number of ether oxygens (including phenoxy) is 1. The lowest BCUT2D eigenvalue weighted by atomic mass is 10.1. The van der Waals surface area contributed by atoms with Gasteiger partial charge in [-0.3, -0.25) is 9.59 Å². The molecule has 2 amide bonds. The van der Waals surface area contributed by atoms with Gasteiger partial charge in [0.2, 0.25) is 5.91 Å². The van der Waals surface area contributed by atoms with Crippen LogP contribution < -0.4 is 10.5 Å². The lowest BCUT2D eigenvalue weighted by molar-refractivity contribution is -0.118. The quantitative estimate of drug-likeness (QED) is 0.786. The fourth-order valence-electron chi connectivity index (χ4n) is 2.48. The SMILES string of the molecule is COc1cc(Cl)ccc1C(=O)N(CCC(N)=O)CCc1ccccc1. The van der Waals surface area contributed by atoms with Crippen molar-refractivity contribution < 1.29 is 14.3 Å². The number of methoxy groups -OCH3 is 1. The van der Waals surface area contributed by atoms with Crippen LogP contribution in [0.3, 0.4) is 0 Å². The van der Waals surface area contributed by atoms with Gasteiger partial charge in [-0.05, 0) is 30.2 Å². The van der Waals surface area contributed by atoms with E-state index in [1.54, 1.807) is 23.1 Å². The first kappa shape index (κ1) is 18.8. The number of benzene rings is 2. The van der Waals surface area contributed by atoms with Crippen molar-refractivity contribution >= 4 is 23.4 Å². The molecule has 0 spiro atoms. The first-order chi connectivity index (χ1) is 12.0. The van der Waals surface area contributed by atoms with Crippen LogP contribution >= 0.6 is 11.6 Å². The van der Waals surface area contributed by atoms with Gasteiger partial charge in [-0.25, -0.2) is 0 Å². The van der Waals surface area contributed by atoms with Gasteiger partial charge in [0.25, 0.3) is 5.91 Å². The van der Waals surface area contributed by atoms with Crippen LogP contribution in [0.25, 0.3) is 0 Å². The standard InChI is InChI=1S/C19H21ClN2O3/c1-25-17-13-15(20)7-8-16(17)19(24)22(12-10-18(21)23)11-9-14-5-3-2-4-6-14/h2-8,13H,9-12H2,1H3,(H2,21,23). The van der Waals surface area contributed by atoms with Gasteiger partial charge in [0, 0.05) is 24.5 Å². The van der Waals surface area contributed by atoms with Crippen molar-refractivity contribution in [3.63, 3.8) is 0 Å². The number of halogens is 1. The predicted octanol–water partition coefficient (Wildman–Crippen LogP) is 2.91. The molecule has 6 heteroatoms. The number of rotatable bonds is 8. The smallest absolute Gasteiger partial charge is 0.257 e. The van der Waals surface area contributed by atoms with E-state index in [1.165, 1.54) is 7.11 Å². The second kappa shape index (κ2) is 9.08. The Balaban J connectivity index is 2.18. The molecule has 0 aromatic heterocycles. The zero-order valence-corrected chi connectivity index (χ0v) is 14.8. The molecule has 0 radical (unpaired) electrons. The lowest BCUT2D eigenvalue weighted by Crippen LogP contribution is -2.36. The Bertz CT molecular complexity index is 735. The predicted molar refractivity (Wildman–Crippen MR) is 97.9 cm³/mol. The normalized spacial score (nSPS) is 10.3. The summed E-state index contributed by atoms with van der Waals surface area (Å²) in [6.07, 6.45) is 0.789. The molecule has 2 rings (SSSR count). The molecule has 0 aliphatic carbocycles. The van der Waals surface area contributed by atoms with Crippen molar-refractivity contribution in [2.75, 3.05) is 20.2 Å². The summed E-state index contributed by atoms with van der Waals surface area (Å²) in [6.45, 7) is 0.731. The second-order valence-corrected chi connectivity index (χ2v) is 6.03. The van der Waals surface area contributed by atoms with Crippen molar-refractivity contribution in [1.82, 2.24) is 4.90 Å². The Hall–Kier alpha value is -2.53. The summed E-state index contributed by atoms with van der Waals surface area (Å²) in [7, 11) is 1.49. The van der Waals surface area contributed by atoms with Crippen LogP contribution in [0.15, 0.2) is 48.5 Å². The number of hydrogen-bond acceptors (Lipinski definition) is 3. The van der Waals surface area contributed by atoms with Crippen LogP contribution in [0.4, 0.5) is 0 Å². The topological polar surface area (TPSA) is 72.6 Å². The van der Waals surface area contributed by atoms with Crippen molar-refractivity contribution in [3.05, 3.63) is 64.7 Å². The van der Waals surface area contributed by atoms with E-state index < -0.39 is 5.91 Å². The molecule has 0 atom stereocenters. The molecule has 25 heavy (non-hydrogen) atoms. The summed E-state index contributed by atoms with van der Waals surface area (Å²) in [6, 6.07) is 14.7. The Labute approximate surface area is 152 Å². The van der Waals surface area contributed by atoms with Crippen molar-refractivity contribution in [3.8, 4) is 5.75 Å². The summed E-state index contributed by atoms with van der Waals surface area (Å²) < 4.78 is 5.26. The number of nitrogens with zero attached hydrogens (tertiary/aromatic N) is 1. The monoisotopic (exact) mass is 360 g/mol. The van der Waals surface area contributed by atoms with Gasteiger partial charge in [0.1, 0.15) is 5.75 Å². The molecule has 0 aliphatic rings. The van der Waals surface area contributed by atoms with E-state index in [2.05, 4.69) is 0 Å². The van der Waals surface area contributed by atoms with Crippen LogP contribution in [-0.4, -0.2) is 36.9 Å². The maximum atomic E-state index is 12.9. The third-order valence-corrected chi connectivity index (χ3v) is 4.06. The number of carbonyl (C=O) groups excluding carboxylic acids is 2. The first-order valence-corrected chi connectivity index (χ1v) is 8.34. The van der Waals surface area contributed by atoms with Crippen LogP contribution in [0.1, 0.15) is 22.3 Å². The largest absolute Gasteiger partial charge is 0.496 e. The third-order valence-electron chi connectivity index (χ3n) is 3.82.